The summed E-state index contributed by atoms with van der Waals surface area (Å²) in [6.45, 7) is 1.50. The highest BCUT2D eigenvalue weighted by atomic mass is 16.5. The van der Waals surface area contributed by atoms with Crippen LogP contribution in [0.4, 0.5) is 11.4 Å². The number of imide groups is 1. The SMILES string of the molecule is COC(=O)c1ccc(NC(=O)COC(=O)c2ccc(N3C(=O)[C@@H]4[C@@H](C3=O)[C@H]3C=C(C)[C@H]4C3)cc2)cc1. The van der Waals surface area contributed by atoms with Gasteiger partial charge < -0.3 is 14.8 Å². The van der Waals surface area contributed by atoms with E-state index in [2.05, 4.69) is 16.1 Å². The summed E-state index contributed by atoms with van der Waals surface area (Å²) in [5, 5.41) is 2.57. The molecule has 9 nitrogen and oxygen atoms in total. The van der Waals surface area contributed by atoms with Crippen LogP contribution in [0.1, 0.15) is 34.1 Å². The minimum Gasteiger partial charge on any atom is -0.465 e. The summed E-state index contributed by atoms with van der Waals surface area (Å²) in [7, 11) is 1.28. The van der Waals surface area contributed by atoms with Gasteiger partial charge in [-0.05, 0) is 73.7 Å². The molecular weight excluding hydrogens is 464 g/mol. The number of nitrogens with zero attached hydrogens (tertiary/aromatic N) is 1. The van der Waals surface area contributed by atoms with Gasteiger partial charge in [0.1, 0.15) is 0 Å². The van der Waals surface area contributed by atoms with E-state index in [0.29, 0.717) is 16.9 Å². The van der Waals surface area contributed by atoms with E-state index in [-0.39, 0.29) is 41.0 Å². The van der Waals surface area contributed by atoms with Crippen LogP contribution in [0.5, 0.6) is 0 Å². The topological polar surface area (TPSA) is 119 Å². The van der Waals surface area contributed by atoms with E-state index in [1.165, 1.54) is 54.0 Å². The largest absolute Gasteiger partial charge is 0.465 e. The summed E-state index contributed by atoms with van der Waals surface area (Å²) in [5.41, 5.74) is 2.55. The van der Waals surface area contributed by atoms with Crippen molar-refractivity contribution in [1.82, 2.24) is 0 Å². The molecule has 2 aromatic rings. The predicted octanol–water partition coefficient (Wildman–Crippen LogP) is 2.97. The van der Waals surface area contributed by atoms with E-state index in [1.54, 1.807) is 12.1 Å². The van der Waals surface area contributed by atoms with Crippen molar-refractivity contribution in [3.05, 3.63) is 71.3 Å². The zero-order valence-electron chi connectivity index (χ0n) is 19.7. The second-order valence-electron chi connectivity index (χ2n) is 9.22. The zero-order valence-corrected chi connectivity index (χ0v) is 19.7. The van der Waals surface area contributed by atoms with Crippen LogP contribution >= 0.6 is 0 Å². The fourth-order valence-corrected chi connectivity index (χ4v) is 5.49. The molecule has 184 valence electrons. The molecule has 1 saturated carbocycles. The molecule has 2 bridgehead atoms. The van der Waals surface area contributed by atoms with E-state index in [4.69, 9.17) is 4.74 Å². The van der Waals surface area contributed by atoms with Crippen molar-refractivity contribution in [2.75, 3.05) is 23.9 Å². The number of methoxy groups -OCH3 is 1. The van der Waals surface area contributed by atoms with Gasteiger partial charge in [-0.25, -0.2) is 9.59 Å². The first-order valence-corrected chi connectivity index (χ1v) is 11.6. The highest BCUT2D eigenvalue weighted by Crippen LogP contribution is 2.55. The molecule has 1 aliphatic heterocycles. The smallest absolute Gasteiger partial charge is 0.338 e. The molecule has 0 spiro atoms. The van der Waals surface area contributed by atoms with Crippen molar-refractivity contribution < 1.29 is 33.4 Å². The Balaban J connectivity index is 1.17. The quantitative estimate of drug-likeness (QED) is 0.377. The molecule has 3 amide bonds. The van der Waals surface area contributed by atoms with Gasteiger partial charge in [0.15, 0.2) is 6.61 Å². The second kappa shape index (κ2) is 9.07. The number of carbonyl (C=O) groups is 5. The van der Waals surface area contributed by atoms with Gasteiger partial charge in [0.2, 0.25) is 11.8 Å². The lowest BCUT2D eigenvalue weighted by atomic mass is 9.82. The molecule has 0 radical (unpaired) electrons. The first kappa shape index (κ1) is 23.5. The van der Waals surface area contributed by atoms with Gasteiger partial charge in [0, 0.05) is 5.69 Å². The molecule has 2 aliphatic carbocycles. The molecule has 4 atom stereocenters. The molecule has 2 fully saturated rings. The van der Waals surface area contributed by atoms with Gasteiger partial charge in [-0.3, -0.25) is 19.3 Å². The fraction of sp³-hybridized carbons (Fsp3) is 0.296. The van der Waals surface area contributed by atoms with E-state index < -0.39 is 24.5 Å². The highest BCUT2D eigenvalue weighted by molar-refractivity contribution is 6.23. The molecule has 0 aromatic heterocycles. The van der Waals surface area contributed by atoms with E-state index in [9.17, 15) is 24.0 Å². The molecule has 5 rings (SSSR count). The van der Waals surface area contributed by atoms with Gasteiger partial charge in [0.25, 0.3) is 5.91 Å². The van der Waals surface area contributed by atoms with Gasteiger partial charge >= 0.3 is 11.9 Å². The summed E-state index contributed by atoms with van der Waals surface area (Å²) in [5.74, 6) is -2.48. The van der Waals surface area contributed by atoms with Crippen molar-refractivity contribution in [3.63, 3.8) is 0 Å². The Labute approximate surface area is 207 Å². The van der Waals surface area contributed by atoms with Crippen LogP contribution in [0.2, 0.25) is 0 Å². The molecule has 0 unspecified atom stereocenters. The number of hydrogen-bond donors (Lipinski definition) is 1. The minimum absolute atomic E-state index is 0.118. The van der Waals surface area contributed by atoms with Gasteiger partial charge in [-0.1, -0.05) is 11.6 Å². The van der Waals surface area contributed by atoms with Crippen LogP contribution in [-0.2, 0) is 23.9 Å². The number of amides is 3. The lowest BCUT2D eigenvalue weighted by Crippen LogP contribution is -2.33. The Kier molecular flexibility index (Phi) is 5.91. The lowest BCUT2D eigenvalue weighted by molar-refractivity contribution is -0.123. The predicted molar refractivity (Wildman–Crippen MR) is 128 cm³/mol. The first-order valence-electron chi connectivity index (χ1n) is 11.6. The number of anilines is 2. The van der Waals surface area contributed by atoms with Crippen LogP contribution in [0.15, 0.2) is 60.2 Å². The zero-order chi connectivity index (χ0) is 25.6. The first-order chi connectivity index (χ1) is 17.3. The van der Waals surface area contributed by atoms with Crippen molar-refractivity contribution in [2.24, 2.45) is 23.7 Å². The van der Waals surface area contributed by atoms with Crippen molar-refractivity contribution in [1.29, 1.82) is 0 Å². The van der Waals surface area contributed by atoms with Crippen LogP contribution in [0, 0.1) is 23.7 Å². The monoisotopic (exact) mass is 488 g/mol. The Bertz CT molecular complexity index is 1300. The number of carbonyl (C=O) groups excluding carboxylic acids is 5. The third-order valence-corrected chi connectivity index (χ3v) is 7.17. The number of rotatable bonds is 6. The molecule has 2 aromatic carbocycles. The molecule has 1 heterocycles. The van der Waals surface area contributed by atoms with Crippen LogP contribution < -0.4 is 10.2 Å². The number of nitrogens with one attached hydrogen (secondary N) is 1. The number of benzene rings is 2. The van der Waals surface area contributed by atoms with E-state index >= 15 is 0 Å². The Morgan fingerprint density at radius 3 is 2.19 bits per heavy atom. The van der Waals surface area contributed by atoms with Gasteiger partial charge in [-0.2, -0.15) is 0 Å². The Morgan fingerprint density at radius 2 is 1.53 bits per heavy atom. The second-order valence-corrected chi connectivity index (χ2v) is 9.22. The van der Waals surface area contributed by atoms with Crippen molar-refractivity contribution in [3.8, 4) is 0 Å². The summed E-state index contributed by atoms with van der Waals surface area (Å²) >= 11 is 0. The van der Waals surface area contributed by atoms with Crippen molar-refractivity contribution >= 4 is 41.0 Å². The normalized spacial score (nSPS) is 23.8. The van der Waals surface area contributed by atoms with Gasteiger partial charge in [-0.15, -0.1) is 0 Å². The molecular formula is C27H24N2O7. The number of fused-ring (bicyclic) bond motifs is 5. The fourth-order valence-electron chi connectivity index (χ4n) is 5.49. The molecule has 3 aliphatic rings. The average Bonchev–Trinajstić information content (AvgIpc) is 3.52. The summed E-state index contributed by atoms with van der Waals surface area (Å²) in [6.07, 6.45) is 2.98. The lowest BCUT2D eigenvalue weighted by Gasteiger charge is -2.19. The Morgan fingerprint density at radius 1 is 0.917 bits per heavy atom. The third kappa shape index (κ3) is 3.96. The van der Waals surface area contributed by atoms with E-state index in [0.717, 1.165) is 6.42 Å². The maximum Gasteiger partial charge on any atom is 0.338 e. The summed E-state index contributed by atoms with van der Waals surface area (Å²) in [4.78, 5) is 63.3. The highest BCUT2D eigenvalue weighted by Gasteiger charge is 2.60. The Hall–Kier alpha value is -4.27. The standard InChI is InChI=1S/C27H24N2O7/c1-14-11-17-12-20(14)23-22(17)24(31)29(25(23)32)19-9-5-16(6-10-19)27(34)36-13-21(30)28-18-7-3-15(4-8-18)26(33)35-2/h3-11,17,20,22-23H,12-13H2,1-2H3,(H,28,30)/t17-,20+,22-,23-/m0/s1. The van der Waals surface area contributed by atoms with Crippen molar-refractivity contribution in [2.45, 2.75) is 13.3 Å². The summed E-state index contributed by atoms with van der Waals surface area (Å²) < 4.78 is 9.70. The maximum atomic E-state index is 13.1. The average molecular weight is 488 g/mol. The van der Waals surface area contributed by atoms with Gasteiger partial charge in [0.05, 0.1) is 35.8 Å². The van der Waals surface area contributed by atoms with Crippen LogP contribution in [-0.4, -0.2) is 43.4 Å². The molecule has 1 N–H and O–H groups in total. The number of ether oxygens (including phenoxy) is 2. The molecule has 9 heteroatoms. The molecule has 36 heavy (non-hydrogen) atoms. The van der Waals surface area contributed by atoms with E-state index in [1.807, 2.05) is 6.92 Å². The number of esters is 2. The van der Waals surface area contributed by atoms with Crippen LogP contribution in [0.3, 0.4) is 0 Å². The number of allylic oxidation sites excluding steroid dienone is 2. The number of hydrogen-bond acceptors (Lipinski definition) is 7. The van der Waals surface area contributed by atoms with Crippen LogP contribution in [0.25, 0.3) is 0 Å². The molecule has 1 saturated heterocycles. The third-order valence-electron chi connectivity index (χ3n) is 7.17. The minimum atomic E-state index is -0.716. The maximum absolute atomic E-state index is 13.1. The summed E-state index contributed by atoms with van der Waals surface area (Å²) in [6, 6.07) is 12.1.